The molecule has 156 valence electrons. The monoisotopic (exact) mass is 400 g/mol. The number of rotatable bonds is 9. The van der Waals surface area contributed by atoms with E-state index in [-0.39, 0.29) is 18.3 Å². The molecule has 1 N–H and O–H groups in total. The lowest BCUT2D eigenvalue weighted by Gasteiger charge is -2.14. The Kier molecular flexibility index (Phi) is 7.59. The van der Waals surface area contributed by atoms with Crippen molar-refractivity contribution in [3.05, 3.63) is 94.5 Å². The quantitative estimate of drug-likeness (QED) is 0.486. The number of aryl methyl sites for hydroxylation is 4. The fourth-order valence-electron chi connectivity index (χ4n) is 4.07. The van der Waals surface area contributed by atoms with Crippen molar-refractivity contribution in [2.75, 3.05) is 6.61 Å². The van der Waals surface area contributed by atoms with Gasteiger partial charge in [-0.3, -0.25) is 4.79 Å². The van der Waals surface area contributed by atoms with Crippen LogP contribution in [0, 0.1) is 19.8 Å². The summed E-state index contributed by atoms with van der Waals surface area (Å²) in [7, 11) is 0. The van der Waals surface area contributed by atoms with Crippen LogP contribution in [0.1, 0.15) is 41.2 Å². The van der Waals surface area contributed by atoms with E-state index in [9.17, 15) is 9.90 Å². The maximum absolute atomic E-state index is 11.6. The van der Waals surface area contributed by atoms with E-state index in [2.05, 4.69) is 80.6 Å². The van der Waals surface area contributed by atoms with E-state index in [1.165, 1.54) is 38.9 Å². The Hall–Kier alpha value is -2.71. The molecule has 0 amide bonds. The van der Waals surface area contributed by atoms with E-state index in [0.29, 0.717) is 6.42 Å². The molecule has 0 aliphatic carbocycles. The lowest BCUT2D eigenvalue weighted by molar-refractivity contribution is -0.122. The smallest absolute Gasteiger partial charge is 0.135 e. The average molecular weight is 401 g/mol. The third-order valence-corrected chi connectivity index (χ3v) is 6.18. The van der Waals surface area contributed by atoms with Gasteiger partial charge in [0.2, 0.25) is 0 Å². The molecular weight excluding hydrogens is 368 g/mol. The van der Waals surface area contributed by atoms with E-state index >= 15 is 0 Å². The van der Waals surface area contributed by atoms with Crippen LogP contribution >= 0.6 is 0 Å². The van der Waals surface area contributed by atoms with Gasteiger partial charge >= 0.3 is 0 Å². The molecule has 0 aliphatic rings. The van der Waals surface area contributed by atoms with Gasteiger partial charge in [-0.25, -0.2) is 0 Å². The molecule has 0 bridgehead atoms. The van der Waals surface area contributed by atoms with Crippen LogP contribution < -0.4 is 0 Å². The highest BCUT2D eigenvalue weighted by Crippen LogP contribution is 2.27. The van der Waals surface area contributed by atoms with Gasteiger partial charge in [0.1, 0.15) is 5.78 Å². The number of aliphatic hydroxyl groups is 1. The summed E-state index contributed by atoms with van der Waals surface area (Å²) < 4.78 is 0. The average Bonchev–Trinajstić information content (AvgIpc) is 2.75. The molecule has 0 heterocycles. The van der Waals surface area contributed by atoms with Crippen LogP contribution in [-0.2, 0) is 24.1 Å². The van der Waals surface area contributed by atoms with Crippen molar-refractivity contribution in [2.45, 2.75) is 46.5 Å². The maximum Gasteiger partial charge on any atom is 0.135 e. The minimum Gasteiger partial charge on any atom is -0.396 e. The van der Waals surface area contributed by atoms with Gasteiger partial charge in [0.05, 0.1) is 6.61 Å². The largest absolute Gasteiger partial charge is 0.396 e. The molecule has 3 aromatic carbocycles. The van der Waals surface area contributed by atoms with Crippen LogP contribution in [-0.4, -0.2) is 17.5 Å². The van der Waals surface area contributed by atoms with Gasteiger partial charge in [0.15, 0.2) is 0 Å². The van der Waals surface area contributed by atoms with Crippen LogP contribution in [0.4, 0.5) is 0 Å². The number of hydrogen-bond acceptors (Lipinski definition) is 2. The zero-order chi connectivity index (χ0) is 21.5. The molecule has 0 saturated heterocycles. The lowest BCUT2D eigenvalue weighted by Crippen LogP contribution is -2.16. The first kappa shape index (κ1) is 22.0. The molecule has 1 unspecified atom stereocenters. The summed E-state index contributed by atoms with van der Waals surface area (Å²) in [6.07, 6.45) is 3.52. The second-order valence-electron chi connectivity index (χ2n) is 8.25. The normalized spacial score (nSPS) is 12.0. The first-order valence-corrected chi connectivity index (χ1v) is 10.8. The first-order chi connectivity index (χ1) is 14.5. The van der Waals surface area contributed by atoms with Crippen LogP contribution in [0.25, 0.3) is 11.1 Å². The molecule has 0 saturated carbocycles. The second-order valence-corrected chi connectivity index (χ2v) is 8.25. The van der Waals surface area contributed by atoms with E-state index < -0.39 is 0 Å². The summed E-state index contributed by atoms with van der Waals surface area (Å²) in [5.74, 6) is -0.184. The van der Waals surface area contributed by atoms with Gasteiger partial charge < -0.3 is 5.11 Å². The predicted octanol–water partition coefficient (Wildman–Crippen LogP) is 5.89. The highest BCUT2D eigenvalue weighted by molar-refractivity contribution is 5.78. The van der Waals surface area contributed by atoms with Crippen molar-refractivity contribution in [1.82, 2.24) is 0 Å². The molecule has 0 aromatic heterocycles. The zero-order valence-corrected chi connectivity index (χ0v) is 18.3. The SMILES string of the molecule is CC(=O)C(CO)CCc1ccc(C)c(CCc2cccc(-c3ccccc3)c2C)c1. The van der Waals surface area contributed by atoms with Crippen LogP contribution in [0.3, 0.4) is 0 Å². The van der Waals surface area contributed by atoms with Gasteiger partial charge in [0, 0.05) is 5.92 Å². The van der Waals surface area contributed by atoms with Gasteiger partial charge in [-0.2, -0.15) is 0 Å². The van der Waals surface area contributed by atoms with E-state index in [0.717, 1.165) is 19.3 Å². The molecule has 3 rings (SSSR count). The summed E-state index contributed by atoms with van der Waals surface area (Å²) >= 11 is 0. The molecule has 0 spiro atoms. The van der Waals surface area contributed by atoms with Gasteiger partial charge in [0.25, 0.3) is 0 Å². The lowest BCUT2D eigenvalue weighted by atomic mass is 9.91. The number of ketones is 1. The minimum atomic E-state index is -0.252. The standard InChI is InChI=1S/C28H32O2/c1-20-12-13-23(14-15-27(19-29)22(3)30)18-26(20)17-16-24-10-7-11-28(21(24)2)25-8-5-4-6-9-25/h4-13,18,27,29H,14-17,19H2,1-3H3. The zero-order valence-electron chi connectivity index (χ0n) is 18.3. The number of benzene rings is 3. The number of hydrogen-bond donors (Lipinski definition) is 1. The summed E-state index contributed by atoms with van der Waals surface area (Å²) in [4.78, 5) is 11.6. The Labute approximate surface area is 180 Å². The predicted molar refractivity (Wildman–Crippen MR) is 125 cm³/mol. The molecule has 0 fully saturated rings. The Morgan fingerprint density at radius 3 is 2.30 bits per heavy atom. The highest BCUT2D eigenvalue weighted by atomic mass is 16.3. The first-order valence-electron chi connectivity index (χ1n) is 10.8. The van der Waals surface area contributed by atoms with Crippen molar-refractivity contribution >= 4 is 5.78 Å². The molecule has 0 radical (unpaired) electrons. The number of Topliss-reactive ketones (excluding diaryl/α,β-unsaturated/α-hetero) is 1. The van der Waals surface area contributed by atoms with Crippen molar-refractivity contribution in [3.8, 4) is 11.1 Å². The number of aliphatic hydroxyl groups excluding tert-OH is 1. The molecule has 30 heavy (non-hydrogen) atoms. The van der Waals surface area contributed by atoms with Gasteiger partial charge in [-0.05, 0) is 85.4 Å². The topological polar surface area (TPSA) is 37.3 Å². The fourth-order valence-corrected chi connectivity index (χ4v) is 4.07. The van der Waals surface area contributed by atoms with Crippen molar-refractivity contribution in [3.63, 3.8) is 0 Å². The van der Waals surface area contributed by atoms with Crippen LogP contribution in [0.5, 0.6) is 0 Å². The number of carbonyl (C=O) groups excluding carboxylic acids is 1. The Balaban J connectivity index is 1.72. The third-order valence-electron chi connectivity index (χ3n) is 6.18. The fraction of sp³-hybridized carbons (Fsp3) is 0.321. The van der Waals surface area contributed by atoms with Crippen molar-refractivity contribution < 1.29 is 9.90 Å². The van der Waals surface area contributed by atoms with Crippen molar-refractivity contribution in [2.24, 2.45) is 5.92 Å². The Morgan fingerprint density at radius 1 is 0.867 bits per heavy atom. The number of carbonyl (C=O) groups is 1. The summed E-state index contributed by atoms with van der Waals surface area (Å²) in [5.41, 5.74) is 9.21. The minimum absolute atomic E-state index is 0.0644. The van der Waals surface area contributed by atoms with Gasteiger partial charge in [-0.15, -0.1) is 0 Å². The van der Waals surface area contributed by atoms with E-state index in [1.807, 2.05) is 0 Å². The molecule has 1 atom stereocenters. The highest BCUT2D eigenvalue weighted by Gasteiger charge is 2.13. The third kappa shape index (κ3) is 5.46. The second kappa shape index (κ2) is 10.4. The van der Waals surface area contributed by atoms with Gasteiger partial charge in [-0.1, -0.05) is 66.7 Å². The molecule has 2 heteroatoms. The van der Waals surface area contributed by atoms with Crippen LogP contribution in [0.2, 0.25) is 0 Å². The molecular formula is C28H32O2. The van der Waals surface area contributed by atoms with Crippen LogP contribution in [0.15, 0.2) is 66.7 Å². The molecule has 3 aromatic rings. The Morgan fingerprint density at radius 2 is 1.60 bits per heavy atom. The van der Waals surface area contributed by atoms with E-state index in [1.54, 1.807) is 6.92 Å². The summed E-state index contributed by atoms with van der Waals surface area (Å²) in [6.45, 7) is 5.88. The molecule has 2 nitrogen and oxygen atoms in total. The van der Waals surface area contributed by atoms with E-state index in [4.69, 9.17) is 0 Å². The summed E-state index contributed by atoms with van der Waals surface area (Å²) in [6, 6.07) is 23.8. The maximum atomic E-state index is 11.6. The molecule has 0 aliphatic heterocycles. The van der Waals surface area contributed by atoms with Crippen molar-refractivity contribution in [1.29, 1.82) is 0 Å². The Bertz CT molecular complexity index is 989. The summed E-state index contributed by atoms with van der Waals surface area (Å²) in [5, 5.41) is 9.39.